The SMILES string of the molecule is CCOc1cc2c(cc1Cl)C(=O)NC2. The van der Waals surface area contributed by atoms with E-state index in [0.717, 1.165) is 5.56 Å². The normalized spacial score (nSPS) is 13.7. The van der Waals surface area contributed by atoms with Crippen molar-refractivity contribution in [2.45, 2.75) is 13.5 Å². The van der Waals surface area contributed by atoms with Gasteiger partial charge in [-0.1, -0.05) is 11.6 Å². The summed E-state index contributed by atoms with van der Waals surface area (Å²) in [6.07, 6.45) is 0. The van der Waals surface area contributed by atoms with Crippen LogP contribution in [0.15, 0.2) is 12.1 Å². The van der Waals surface area contributed by atoms with Gasteiger partial charge in [-0.2, -0.15) is 0 Å². The number of hydrogen-bond donors (Lipinski definition) is 1. The monoisotopic (exact) mass is 211 g/mol. The molecule has 0 aromatic heterocycles. The fourth-order valence-corrected chi connectivity index (χ4v) is 1.71. The lowest BCUT2D eigenvalue weighted by Crippen LogP contribution is -2.12. The average Bonchev–Trinajstić information content (AvgIpc) is 2.50. The summed E-state index contributed by atoms with van der Waals surface area (Å²) in [6, 6.07) is 3.48. The van der Waals surface area contributed by atoms with Crippen molar-refractivity contribution in [1.82, 2.24) is 5.32 Å². The predicted octanol–water partition coefficient (Wildman–Crippen LogP) is 1.98. The molecule has 1 heterocycles. The molecule has 1 N–H and O–H groups in total. The van der Waals surface area contributed by atoms with Crippen LogP contribution in [0.3, 0.4) is 0 Å². The molecule has 0 unspecified atom stereocenters. The number of carbonyl (C=O) groups excluding carboxylic acids is 1. The summed E-state index contributed by atoms with van der Waals surface area (Å²) in [5.41, 5.74) is 1.60. The van der Waals surface area contributed by atoms with E-state index >= 15 is 0 Å². The lowest BCUT2D eigenvalue weighted by molar-refractivity contribution is 0.0966. The number of halogens is 1. The van der Waals surface area contributed by atoms with Crippen LogP contribution in [0.2, 0.25) is 5.02 Å². The summed E-state index contributed by atoms with van der Waals surface area (Å²) in [5, 5.41) is 3.22. The Morgan fingerprint density at radius 2 is 2.36 bits per heavy atom. The van der Waals surface area contributed by atoms with E-state index in [1.165, 1.54) is 0 Å². The van der Waals surface area contributed by atoms with E-state index in [1.54, 1.807) is 6.07 Å². The zero-order valence-corrected chi connectivity index (χ0v) is 8.52. The van der Waals surface area contributed by atoms with Crippen LogP contribution in [0.5, 0.6) is 5.75 Å². The minimum Gasteiger partial charge on any atom is -0.492 e. The zero-order valence-electron chi connectivity index (χ0n) is 7.76. The molecule has 0 bridgehead atoms. The Kier molecular flexibility index (Phi) is 2.33. The lowest BCUT2D eigenvalue weighted by atomic mass is 10.1. The molecule has 0 atom stereocenters. The Morgan fingerprint density at radius 1 is 1.57 bits per heavy atom. The van der Waals surface area contributed by atoms with E-state index in [4.69, 9.17) is 16.3 Å². The van der Waals surface area contributed by atoms with Crippen LogP contribution in [-0.2, 0) is 6.54 Å². The zero-order chi connectivity index (χ0) is 10.1. The first-order valence-corrected chi connectivity index (χ1v) is 4.83. The molecule has 1 aliphatic heterocycles. The lowest BCUT2D eigenvalue weighted by Gasteiger charge is -2.06. The van der Waals surface area contributed by atoms with Crippen molar-refractivity contribution in [3.05, 3.63) is 28.3 Å². The summed E-state index contributed by atoms with van der Waals surface area (Å²) < 4.78 is 5.33. The first kappa shape index (κ1) is 9.34. The van der Waals surface area contributed by atoms with E-state index in [1.807, 2.05) is 13.0 Å². The van der Waals surface area contributed by atoms with Crippen LogP contribution in [0.25, 0.3) is 0 Å². The molecule has 74 valence electrons. The number of amides is 1. The van der Waals surface area contributed by atoms with E-state index in [2.05, 4.69) is 5.32 Å². The van der Waals surface area contributed by atoms with Crippen LogP contribution in [-0.4, -0.2) is 12.5 Å². The van der Waals surface area contributed by atoms with Gasteiger partial charge in [0.2, 0.25) is 0 Å². The van der Waals surface area contributed by atoms with Gasteiger partial charge in [0.05, 0.1) is 11.6 Å². The molecule has 0 aliphatic carbocycles. The molecule has 3 nitrogen and oxygen atoms in total. The highest BCUT2D eigenvalue weighted by molar-refractivity contribution is 6.32. The highest BCUT2D eigenvalue weighted by Crippen LogP contribution is 2.30. The van der Waals surface area contributed by atoms with Gasteiger partial charge in [-0.25, -0.2) is 0 Å². The number of fused-ring (bicyclic) bond motifs is 1. The second-order valence-corrected chi connectivity index (χ2v) is 3.46. The Hall–Kier alpha value is -1.22. The van der Waals surface area contributed by atoms with E-state index in [9.17, 15) is 4.79 Å². The maximum atomic E-state index is 11.3. The number of ether oxygens (including phenoxy) is 1. The fraction of sp³-hybridized carbons (Fsp3) is 0.300. The Morgan fingerprint density at radius 3 is 3.07 bits per heavy atom. The van der Waals surface area contributed by atoms with Gasteiger partial charge in [0.15, 0.2) is 0 Å². The van der Waals surface area contributed by atoms with Crippen LogP contribution >= 0.6 is 11.6 Å². The van der Waals surface area contributed by atoms with Gasteiger partial charge in [-0.05, 0) is 24.6 Å². The Labute approximate surface area is 87.0 Å². The molecule has 0 radical (unpaired) electrons. The van der Waals surface area contributed by atoms with Gasteiger partial charge >= 0.3 is 0 Å². The number of carbonyl (C=O) groups is 1. The van der Waals surface area contributed by atoms with E-state index < -0.39 is 0 Å². The highest BCUT2D eigenvalue weighted by atomic mass is 35.5. The molecule has 4 heteroatoms. The average molecular weight is 212 g/mol. The minimum absolute atomic E-state index is 0.0649. The Bertz CT molecular complexity index is 390. The molecule has 0 fully saturated rings. The van der Waals surface area contributed by atoms with E-state index in [0.29, 0.717) is 29.5 Å². The van der Waals surface area contributed by atoms with Crippen molar-refractivity contribution in [3.8, 4) is 5.75 Å². The quantitative estimate of drug-likeness (QED) is 0.813. The maximum absolute atomic E-state index is 11.3. The Balaban J connectivity index is 2.44. The number of nitrogens with one attached hydrogen (secondary N) is 1. The molecule has 0 spiro atoms. The summed E-state index contributed by atoms with van der Waals surface area (Å²) in [5.74, 6) is 0.578. The number of benzene rings is 1. The molecule has 1 aromatic rings. The summed E-state index contributed by atoms with van der Waals surface area (Å²) in [7, 11) is 0. The second kappa shape index (κ2) is 3.50. The van der Waals surface area contributed by atoms with Crippen LogP contribution in [0, 0.1) is 0 Å². The fourth-order valence-electron chi connectivity index (χ4n) is 1.49. The van der Waals surface area contributed by atoms with Crippen molar-refractivity contribution in [2.24, 2.45) is 0 Å². The van der Waals surface area contributed by atoms with Crippen LogP contribution in [0.1, 0.15) is 22.8 Å². The summed E-state index contributed by atoms with van der Waals surface area (Å²) >= 11 is 5.95. The topological polar surface area (TPSA) is 38.3 Å². The molecular formula is C10H10ClNO2. The summed E-state index contributed by atoms with van der Waals surface area (Å²) in [4.78, 5) is 11.3. The molecule has 1 amide bonds. The third-order valence-corrected chi connectivity index (χ3v) is 2.44. The third-order valence-electron chi connectivity index (χ3n) is 2.14. The number of hydrogen-bond acceptors (Lipinski definition) is 2. The van der Waals surface area contributed by atoms with Crippen molar-refractivity contribution in [2.75, 3.05) is 6.61 Å². The van der Waals surface area contributed by atoms with Crippen LogP contribution < -0.4 is 10.1 Å². The minimum atomic E-state index is -0.0649. The smallest absolute Gasteiger partial charge is 0.251 e. The first-order chi connectivity index (χ1) is 6.72. The highest BCUT2D eigenvalue weighted by Gasteiger charge is 2.20. The molecule has 1 aromatic carbocycles. The van der Waals surface area contributed by atoms with Gasteiger partial charge in [0.25, 0.3) is 5.91 Å². The van der Waals surface area contributed by atoms with Crippen molar-refractivity contribution in [3.63, 3.8) is 0 Å². The van der Waals surface area contributed by atoms with Crippen LogP contribution in [0.4, 0.5) is 0 Å². The molecule has 1 aliphatic rings. The maximum Gasteiger partial charge on any atom is 0.251 e. The van der Waals surface area contributed by atoms with E-state index in [-0.39, 0.29) is 5.91 Å². The van der Waals surface area contributed by atoms with Gasteiger partial charge in [-0.3, -0.25) is 4.79 Å². The molecule has 0 saturated carbocycles. The first-order valence-electron chi connectivity index (χ1n) is 4.45. The third kappa shape index (κ3) is 1.44. The van der Waals surface area contributed by atoms with Gasteiger partial charge in [0.1, 0.15) is 5.75 Å². The molecule has 14 heavy (non-hydrogen) atoms. The number of rotatable bonds is 2. The standard InChI is InChI=1S/C10H10ClNO2/c1-2-14-9-3-6-5-12-10(13)7(6)4-8(9)11/h3-4H,2,5H2,1H3,(H,12,13). The van der Waals surface area contributed by atoms with Crippen molar-refractivity contribution < 1.29 is 9.53 Å². The summed E-state index contributed by atoms with van der Waals surface area (Å²) in [6.45, 7) is 3.03. The van der Waals surface area contributed by atoms with Crippen molar-refractivity contribution >= 4 is 17.5 Å². The van der Waals surface area contributed by atoms with Gasteiger partial charge < -0.3 is 10.1 Å². The molecule has 2 rings (SSSR count). The van der Waals surface area contributed by atoms with Crippen molar-refractivity contribution in [1.29, 1.82) is 0 Å². The van der Waals surface area contributed by atoms with Gasteiger partial charge in [0, 0.05) is 12.1 Å². The molecular weight excluding hydrogens is 202 g/mol. The molecule has 0 saturated heterocycles. The van der Waals surface area contributed by atoms with Gasteiger partial charge in [-0.15, -0.1) is 0 Å². The largest absolute Gasteiger partial charge is 0.492 e. The predicted molar refractivity (Wildman–Crippen MR) is 53.8 cm³/mol. The second-order valence-electron chi connectivity index (χ2n) is 3.06.